The maximum Gasteiger partial charge on any atom is 0.117 e. The van der Waals surface area contributed by atoms with E-state index in [1.54, 1.807) is 0 Å². The molecule has 0 atom stereocenters. The summed E-state index contributed by atoms with van der Waals surface area (Å²) in [4.78, 5) is 0. The first-order chi connectivity index (χ1) is 10.5. The van der Waals surface area contributed by atoms with Crippen LogP contribution in [0.1, 0.15) is 11.4 Å². The lowest BCUT2D eigenvalue weighted by Gasteiger charge is -2.24. The molecule has 112 valence electrons. The predicted octanol–water partition coefficient (Wildman–Crippen LogP) is 3.31. The van der Waals surface area contributed by atoms with Crippen LogP contribution in [0.2, 0.25) is 13.1 Å². The predicted molar refractivity (Wildman–Crippen MR) is 96.2 cm³/mol. The van der Waals surface area contributed by atoms with Gasteiger partial charge in [0.05, 0.1) is 11.4 Å². The monoisotopic (exact) mass is 306 g/mol. The lowest BCUT2D eigenvalue weighted by molar-refractivity contribution is 0.834. The summed E-state index contributed by atoms with van der Waals surface area (Å²) in [7, 11) is -1.74. The van der Waals surface area contributed by atoms with Gasteiger partial charge in [-0.1, -0.05) is 66.8 Å². The van der Waals surface area contributed by atoms with Crippen LogP contribution < -0.4 is 10.4 Å². The van der Waals surface area contributed by atoms with Gasteiger partial charge in [-0.2, -0.15) is 5.10 Å². The van der Waals surface area contributed by atoms with Crippen molar-refractivity contribution in [1.29, 1.82) is 0 Å². The summed E-state index contributed by atoms with van der Waals surface area (Å²) in [6, 6.07) is 21.2. The number of rotatable bonds is 3. The number of benzene rings is 2. The molecule has 0 aliphatic rings. The molecule has 0 aliphatic heterocycles. The fourth-order valence-corrected chi connectivity index (χ4v) is 6.65. The normalized spacial score (nSPS) is 11.6. The van der Waals surface area contributed by atoms with Crippen molar-refractivity contribution in [2.75, 3.05) is 0 Å². The van der Waals surface area contributed by atoms with E-state index in [2.05, 4.69) is 86.2 Å². The fraction of sp³-hybridized carbons (Fsp3) is 0.211. The quantitative estimate of drug-likeness (QED) is 0.679. The van der Waals surface area contributed by atoms with Crippen LogP contribution in [-0.4, -0.2) is 17.9 Å². The lowest BCUT2D eigenvalue weighted by Crippen LogP contribution is -2.54. The SMILES string of the molecule is Cc1nn(-c2ccccc2)c(C)c1[Si](C)(C)c1ccccc1. The molecule has 0 amide bonds. The summed E-state index contributed by atoms with van der Waals surface area (Å²) >= 11 is 0. The van der Waals surface area contributed by atoms with Crippen LogP contribution in [0.5, 0.6) is 0 Å². The molecule has 2 aromatic carbocycles. The second-order valence-corrected chi connectivity index (χ2v) is 10.6. The van der Waals surface area contributed by atoms with Crippen LogP contribution in [0.25, 0.3) is 5.69 Å². The van der Waals surface area contributed by atoms with Gasteiger partial charge in [-0.3, -0.25) is 0 Å². The molecule has 0 aliphatic carbocycles. The molecule has 0 unspecified atom stereocenters. The Balaban J connectivity index is 2.15. The van der Waals surface area contributed by atoms with E-state index in [9.17, 15) is 0 Å². The van der Waals surface area contributed by atoms with Crippen molar-refractivity contribution in [1.82, 2.24) is 9.78 Å². The van der Waals surface area contributed by atoms with E-state index >= 15 is 0 Å². The number of para-hydroxylation sites is 1. The minimum absolute atomic E-state index is 1.13. The molecular weight excluding hydrogens is 284 g/mol. The third-order valence-corrected chi connectivity index (χ3v) is 8.16. The van der Waals surface area contributed by atoms with Crippen molar-refractivity contribution in [3.63, 3.8) is 0 Å². The van der Waals surface area contributed by atoms with Crippen molar-refractivity contribution in [2.24, 2.45) is 0 Å². The van der Waals surface area contributed by atoms with E-state index < -0.39 is 8.07 Å². The Morgan fingerprint density at radius 3 is 1.95 bits per heavy atom. The first-order valence-electron chi connectivity index (χ1n) is 7.69. The Bertz CT molecular complexity index is 774. The third-order valence-electron chi connectivity index (χ3n) is 4.41. The van der Waals surface area contributed by atoms with Crippen molar-refractivity contribution in [3.05, 3.63) is 72.1 Å². The molecule has 3 heteroatoms. The number of aryl methyl sites for hydroxylation is 1. The summed E-state index contributed by atoms with van der Waals surface area (Å²) in [5.41, 5.74) is 3.55. The van der Waals surface area contributed by atoms with Crippen LogP contribution in [0.4, 0.5) is 0 Å². The van der Waals surface area contributed by atoms with E-state index in [0.29, 0.717) is 0 Å². The van der Waals surface area contributed by atoms with Gasteiger partial charge in [0.1, 0.15) is 8.07 Å². The van der Waals surface area contributed by atoms with Crippen LogP contribution in [-0.2, 0) is 0 Å². The lowest BCUT2D eigenvalue weighted by atomic mass is 10.3. The van der Waals surface area contributed by atoms with Gasteiger partial charge < -0.3 is 0 Å². The average Bonchev–Trinajstić information content (AvgIpc) is 2.84. The van der Waals surface area contributed by atoms with Gasteiger partial charge in [0, 0.05) is 5.69 Å². The second-order valence-electron chi connectivity index (χ2n) is 6.28. The van der Waals surface area contributed by atoms with E-state index in [4.69, 9.17) is 5.10 Å². The molecule has 3 aromatic rings. The average molecular weight is 306 g/mol. The van der Waals surface area contributed by atoms with E-state index in [-0.39, 0.29) is 0 Å². The molecular formula is C19H22N2Si. The zero-order chi connectivity index (χ0) is 15.7. The van der Waals surface area contributed by atoms with Crippen molar-refractivity contribution >= 4 is 18.4 Å². The van der Waals surface area contributed by atoms with Gasteiger partial charge >= 0.3 is 0 Å². The van der Waals surface area contributed by atoms with Gasteiger partial charge in [0.25, 0.3) is 0 Å². The Morgan fingerprint density at radius 2 is 1.36 bits per heavy atom. The third kappa shape index (κ3) is 2.42. The summed E-state index contributed by atoms with van der Waals surface area (Å²) in [5.74, 6) is 0. The molecule has 0 radical (unpaired) electrons. The van der Waals surface area contributed by atoms with E-state index in [1.807, 2.05) is 6.07 Å². The maximum absolute atomic E-state index is 4.82. The topological polar surface area (TPSA) is 17.8 Å². The maximum atomic E-state index is 4.82. The zero-order valence-electron chi connectivity index (χ0n) is 13.7. The molecule has 0 saturated carbocycles. The highest BCUT2D eigenvalue weighted by Crippen LogP contribution is 2.15. The number of hydrogen-bond donors (Lipinski definition) is 0. The number of aromatic nitrogens is 2. The van der Waals surface area contributed by atoms with Gasteiger partial charge in [0.2, 0.25) is 0 Å². The number of nitrogens with zero attached hydrogens (tertiary/aromatic N) is 2. The molecule has 1 aromatic heterocycles. The van der Waals surface area contributed by atoms with Crippen LogP contribution in [0, 0.1) is 13.8 Å². The molecule has 1 heterocycles. The van der Waals surface area contributed by atoms with Gasteiger partial charge in [-0.05, 0) is 31.2 Å². The molecule has 3 rings (SSSR count). The Kier molecular flexibility index (Phi) is 3.75. The van der Waals surface area contributed by atoms with E-state index in [0.717, 1.165) is 11.4 Å². The largest absolute Gasteiger partial charge is 0.238 e. The first-order valence-corrected chi connectivity index (χ1v) is 10.7. The molecule has 0 bridgehead atoms. The highest BCUT2D eigenvalue weighted by Gasteiger charge is 2.32. The summed E-state index contributed by atoms with van der Waals surface area (Å²) < 4.78 is 2.09. The van der Waals surface area contributed by atoms with Crippen LogP contribution in [0.15, 0.2) is 60.7 Å². The van der Waals surface area contributed by atoms with Crippen molar-refractivity contribution < 1.29 is 0 Å². The second kappa shape index (κ2) is 5.58. The first kappa shape index (κ1) is 14.8. The molecule has 0 saturated heterocycles. The van der Waals surface area contributed by atoms with Crippen LogP contribution in [0.3, 0.4) is 0 Å². The molecule has 0 fully saturated rings. The summed E-state index contributed by atoms with van der Waals surface area (Å²) in [6.07, 6.45) is 0. The van der Waals surface area contributed by atoms with Gasteiger partial charge in [-0.25, -0.2) is 4.68 Å². The summed E-state index contributed by atoms with van der Waals surface area (Å²) in [5, 5.41) is 7.72. The Hall–Kier alpha value is -2.13. The molecule has 0 spiro atoms. The summed E-state index contributed by atoms with van der Waals surface area (Å²) in [6.45, 7) is 9.16. The minimum atomic E-state index is -1.74. The highest BCUT2D eigenvalue weighted by atomic mass is 28.3. The minimum Gasteiger partial charge on any atom is -0.238 e. The smallest absolute Gasteiger partial charge is 0.117 e. The number of hydrogen-bond acceptors (Lipinski definition) is 1. The van der Waals surface area contributed by atoms with Crippen molar-refractivity contribution in [3.8, 4) is 5.69 Å². The van der Waals surface area contributed by atoms with Crippen LogP contribution >= 0.6 is 0 Å². The molecule has 22 heavy (non-hydrogen) atoms. The Morgan fingerprint density at radius 1 is 0.818 bits per heavy atom. The van der Waals surface area contributed by atoms with E-state index in [1.165, 1.54) is 16.1 Å². The Labute approximate surface area is 133 Å². The fourth-order valence-electron chi connectivity index (χ4n) is 3.37. The molecule has 2 nitrogen and oxygen atoms in total. The standard InChI is InChI=1S/C19H22N2Si/c1-15-19(22(3,4)18-13-9-6-10-14-18)16(2)21(20-15)17-11-7-5-8-12-17/h5-14H,1-4H3. The van der Waals surface area contributed by atoms with Crippen molar-refractivity contribution in [2.45, 2.75) is 26.9 Å². The highest BCUT2D eigenvalue weighted by molar-refractivity contribution is 7.00. The zero-order valence-corrected chi connectivity index (χ0v) is 14.7. The molecule has 0 N–H and O–H groups in total. The van der Waals surface area contributed by atoms with Gasteiger partial charge in [-0.15, -0.1) is 0 Å². The van der Waals surface area contributed by atoms with Gasteiger partial charge in [0.15, 0.2) is 0 Å².